The van der Waals surface area contributed by atoms with Crippen LogP contribution in [-0.4, -0.2) is 44.2 Å². The molecule has 0 spiro atoms. The van der Waals surface area contributed by atoms with Crippen molar-refractivity contribution in [2.45, 2.75) is 27.4 Å². The first-order valence-corrected chi connectivity index (χ1v) is 18.1. The maximum absolute atomic E-state index is 11.8. The van der Waals surface area contributed by atoms with Gasteiger partial charge in [-0.25, -0.2) is 19.2 Å². The molecule has 0 aliphatic rings. The zero-order valence-electron chi connectivity index (χ0n) is 33.1. The zero-order chi connectivity index (χ0) is 42.0. The number of esters is 4. The first-order chi connectivity index (χ1) is 27.4. The van der Waals surface area contributed by atoms with E-state index in [0.29, 0.717) is 35.5 Å². The molecule has 0 bridgehead atoms. The van der Waals surface area contributed by atoms with Crippen molar-refractivity contribution in [2.24, 2.45) is 0 Å². The molecule has 5 aromatic rings. The number of benzene rings is 5. The highest BCUT2D eigenvalue weighted by Gasteiger charge is 2.12. The first-order valence-electron chi connectivity index (χ1n) is 18.1. The number of ether oxygens (including phenoxy) is 4. The molecule has 0 amide bonds. The third-order valence-corrected chi connectivity index (χ3v) is 7.70. The molecule has 0 aliphatic carbocycles. The highest BCUT2D eigenvalue weighted by Crippen LogP contribution is 2.16. The Labute approximate surface area is 336 Å². The van der Waals surface area contributed by atoms with Crippen LogP contribution in [0.2, 0.25) is 0 Å². The predicted octanol–water partition coefficient (Wildman–Crippen LogP) is 10.2. The molecule has 0 saturated carbocycles. The summed E-state index contributed by atoms with van der Waals surface area (Å²) in [7, 11) is 1.34. The van der Waals surface area contributed by atoms with Gasteiger partial charge in [-0.1, -0.05) is 177 Å². The Hall–Kier alpha value is -7.06. The number of carbonyl (C=O) groups excluding carboxylic acids is 4. The first kappa shape index (κ1) is 46.1. The maximum atomic E-state index is 11.8. The van der Waals surface area contributed by atoms with Crippen molar-refractivity contribution in [3.63, 3.8) is 0 Å². The van der Waals surface area contributed by atoms with Crippen LogP contribution in [0.4, 0.5) is 0 Å². The molecular weight excluding hydrogens is 717 g/mol. The topological polar surface area (TPSA) is 105 Å². The van der Waals surface area contributed by atoms with E-state index in [1.165, 1.54) is 7.11 Å². The lowest BCUT2D eigenvalue weighted by Crippen LogP contribution is -2.06. The van der Waals surface area contributed by atoms with Crippen LogP contribution in [0.1, 0.15) is 47.2 Å². The van der Waals surface area contributed by atoms with Gasteiger partial charge < -0.3 is 18.9 Å². The summed E-state index contributed by atoms with van der Waals surface area (Å²) in [5, 5.41) is 0. The van der Waals surface area contributed by atoms with Gasteiger partial charge in [-0.2, -0.15) is 0 Å². The number of carbonyl (C=O) groups is 4. The quantitative estimate of drug-likeness (QED) is 0.0702. The number of aryl methyl sites for hydroxylation is 1. The normalized spacial score (nSPS) is 9.47. The summed E-state index contributed by atoms with van der Waals surface area (Å²) < 4.78 is 19.4. The lowest BCUT2D eigenvalue weighted by molar-refractivity contribution is -0.138. The monoisotopic (exact) mass is 766 g/mol. The third-order valence-electron chi connectivity index (χ3n) is 7.70. The van der Waals surface area contributed by atoms with Gasteiger partial charge in [0.15, 0.2) is 0 Å². The summed E-state index contributed by atoms with van der Waals surface area (Å²) in [6.45, 7) is 21.3. The van der Waals surface area contributed by atoms with Crippen molar-refractivity contribution >= 4 is 46.2 Å². The van der Waals surface area contributed by atoms with Gasteiger partial charge in [-0.15, -0.1) is 0 Å². The minimum atomic E-state index is -0.388. The molecule has 57 heavy (non-hydrogen) atoms. The van der Waals surface area contributed by atoms with E-state index in [1.807, 2.05) is 153 Å². The van der Waals surface area contributed by atoms with E-state index < -0.39 is 0 Å². The average Bonchev–Trinajstić information content (AvgIpc) is 3.26. The van der Waals surface area contributed by atoms with E-state index >= 15 is 0 Å². The van der Waals surface area contributed by atoms with Gasteiger partial charge in [0.05, 0.1) is 42.6 Å². The summed E-state index contributed by atoms with van der Waals surface area (Å²) in [4.78, 5) is 45.3. The van der Waals surface area contributed by atoms with Crippen molar-refractivity contribution in [3.8, 4) is 0 Å². The van der Waals surface area contributed by atoms with Gasteiger partial charge >= 0.3 is 23.9 Å². The molecule has 0 N–H and O–H groups in total. The van der Waals surface area contributed by atoms with Gasteiger partial charge in [-0.05, 0) is 48.6 Å². The van der Waals surface area contributed by atoms with Crippen LogP contribution >= 0.6 is 0 Å². The van der Waals surface area contributed by atoms with Gasteiger partial charge in [-0.3, -0.25) is 0 Å². The van der Waals surface area contributed by atoms with Gasteiger partial charge in [0, 0.05) is 0 Å². The Morgan fingerprint density at radius 2 is 0.719 bits per heavy atom. The molecule has 0 aliphatic heterocycles. The Morgan fingerprint density at radius 3 is 1.05 bits per heavy atom. The molecule has 5 aromatic carbocycles. The fourth-order valence-electron chi connectivity index (χ4n) is 4.51. The average molecular weight is 767 g/mol. The molecule has 8 nitrogen and oxygen atoms in total. The largest absolute Gasteiger partial charge is 0.465 e. The molecule has 0 heterocycles. The summed E-state index contributed by atoms with van der Waals surface area (Å²) in [5.74, 6) is -1.48. The van der Waals surface area contributed by atoms with Crippen molar-refractivity contribution in [1.82, 2.24) is 0 Å². The second-order valence-electron chi connectivity index (χ2n) is 11.9. The Morgan fingerprint density at radius 1 is 0.421 bits per heavy atom. The van der Waals surface area contributed by atoms with Gasteiger partial charge in [0.2, 0.25) is 0 Å². The third kappa shape index (κ3) is 16.9. The fraction of sp³-hybridized carbons (Fsp3) is 0.143. The molecule has 0 saturated heterocycles. The van der Waals surface area contributed by atoms with Crippen LogP contribution in [0.25, 0.3) is 22.3 Å². The summed E-state index contributed by atoms with van der Waals surface area (Å²) in [6.07, 6.45) is 0. The molecule has 5 rings (SSSR count). The molecule has 0 atom stereocenters. The highest BCUT2D eigenvalue weighted by molar-refractivity contribution is 6.17. The Bertz CT molecular complexity index is 2050. The molecule has 8 heteroatoms. The van der Waals surface area contributed by atoms with Crippen LogP contribution < -0.4 is 0 Å². The van der Waals surface area contributed by atoms with Crippen molar-refractivity contribution in [2.75, 3.05) is 20.3 Å². The summed E-state index contributed by atoms with van der Waals surface area (Å²) in [6, 6.07) is 45.0. The second-order valence-corrected chi connectivity index (χ2v) is 11.9. The maximum Gasteiger partial charge on any atom is 0.338 e. The van der Waals surface area contributed by atoms with E-state index in [1.54, 1.807) is 13.8 Å². The van der Waals surface area contributed by atoms with Crippen LogP contribution in [-0.2, 0) is 44.7 Å². The van der Waals surface area contributed by atoms with Gasteiger partial charge in [0.25, 0.3) is 0 Å². The lowest BCUT2D eigenvalue weighted by Gasteiger charge is -2.07. The van der Waals surface area contributed by atoms with Crippen LogP contribution in [0.15, 0.2) is 172 Å². The summed E-state index contributed by atoms with van der Waals surface area (Å²) >= 11 is 0. The molecule has 0 aromatic heterocycles. The number of hydrogen-bond donors (Lipinski definition) is 0. The lowest BCUT2D eigenvalue weighted by atomic mass is 10.1. The van der Waals surface area contributed by atoms with E-state index in [9.17, 15) is 19.2 Å². The summed E-state index contributed by atoms with van der Waals surface area (Å²) in [5.41, 5.74) is 6.91. The number of methoxy groups -OCH3 is 1. The molecule has 0 unspecified atom stereocenters. The minimum absolute atomic E-state index is 0.269. The Balaban J connectivity index is 0.000000266. The van der Waals surface area contributed by atoms with Crippen LogP contribution in [0, 0.1) is 6.92 Å². The molecule has 0 fully saturated rings. The number of hydrogen-bond acceptors (Lipinski definition) is 8. The van der Waals surface area contributed by atoms with E-state index in [-0.39, 0.29) is 30.5 Å². The van der Waals surface area contributed by atoms with Crippen molar-refractivity contribution < 1.29 is 38.1 Å². The molecule has 294 valence electrons. The second kappa shape index (κ2) is 25.9. The SMILES string of the molecule is C=C(C(=O)OC)c1ccccc1.C=C(C(=O)OCC)c1ccc(C)cc1.C=C(C(=O)OCC)c1ccccc1.C=C(C(=O)OCc1ccccc1)c1ccccc1. The van der Waals surface area contributed by atoms with E-state index in [0.717, 1.165) is 33.4 Å². The van der Waals surface area contributed by atoms with Crippen molar-refractivity contribution in [3.05, 3.63) is 205 Å². The van der Waals surface area contributed by atoms with Crippen LogP contribution in [0.3, 0.4) is 0 Å². The number of rotatable bonds is 12. The zero-order valence-corrected chi connectivity index (χ0v) is 33.1. The van der Waals surface area contributed by atoms with E-state index in [2.05, 4.69) is 31.1 Å². The molecule has 0 radical (unpaired) electrons. The highest BCUT2D eigenvalue weighted by atomic mass is 16.5. The minimum Gasteiger partial charge on any atom is -0.465 e. The smallest absolute Gasteiger partial charge is 0.338 e. The predicted molar refractivity (Wildman–Crippen MR) is 228 cm³/mol. The van der Waals surface area contributed by atoms with Crippen molar-refractivity contribution in [1.29, 1.82) is 0 Å². The fourth-order valence-corrected chi connectivity index (χ4v) is 4.51. The van der Waals surface area contributed by atoms with Gasteiger partial charge in [0.1, 0.15) is 6.61 Å². The van der Waals surface area contributed by atoms with E-state index in [4.69, 9.17) is 14.2 Å². The molecular formula is C49H50O8. The van der Waals surface area contributed by atoms with Crippen LogP contribution in [0.5, 0.6) is 0 Å². The standard InChI is InChI=1S/C16H14O2.C12H14O2.C11H12O2.C10H10O2/c1-13(15-10-6-3-7-11-15)16(17)18-12-14-8-4-2-5-9-14;1-4-14-12(13)10(3)11-7-5-9(2)6-8-11;1-3-13-11(12)9(2)10-7-5-4-6-8-10;1-8(10(11)12-2)9-6-4-3-5-7-9/h2-11H,1,12H2;5-8H,3-4H2,1-2H3;4-8H,2-3H2,1H3;3-7H,1H2,2H3. The Kier molecular flexibility index (Phi) is 20.9.